The lowest BCUT2D eigenvalue weighted by molar-refractivity contribution is -0.386. The van der Waals surface area contributed by atoms with Gasteiger partial charge in [-0.2, -0.15) is 0 Å². The van der Waals surface area contributed by atoms with E-state index in [0.29, 0.717) is 0 Å². The molecule has 0 radical (unpaired) electrons. The van der Waals surface area contributed by atoms with Crippen LogP contribution in [0.3, 0.4) is 0 Å². The van der Waals surface area contributed by atoms with Crippen LogP contribution in [0.5, 0.6) is 5.75 Å². The van der Waals surface area contributed by atoms with Gasteiger partial charge in [0.1, 0.15) is 5.82 Å². The second kappa shape index (κ2) is 7.51. The standard InChI is InChI=1S/C19H19FN2O4/c1-12(26-18-11-14(20)9-10-17(18)22(24)25)19(23)21-16-8-4-6-13-5-2-3-7-15(13)16/h2-3,5,7,9-12,16H,4,6,8H2,1H3,(H,21,23)/t12-,16-/m0/s1. The molecular formula is C19H19FN2O4. The summed E-state index contributed by atoms with van der Waals surface area (Å²) >= 11 is 0. The van der Waals surface area contributed by atoms with Gasteiger partial charge >= 0.3 is 5.69 Å². The van der Waals surface area contributed by atoms with Gasteiger partial charge in [-0.3, -0.25) is 14.9 Å². The Bertz CT molecular complexity index is 840. The first kappa shape index (κ1) is 17.8. The minimum Gasteiger partial charge on any atom is -0.474 e. The Morgan fingerprint density at radius 2 is 2.12 bits per heavy atom. The number of carbonyl (C=O) groups excluding carboxylic acids is 1. The number of nitrogens with one attached hydrogen (secondary N) is 1. The molecule has 0 unspecified atom stereocenters. The maximum absolute atomic E-state index is 13.4. The molecule has 2 aromatic rings. The van der Waals surface area contributed by atoms with Crippen LogP contribution in [-0.2, 0) is 11.2 Å². The number of hydrogen-bond donors (Lipinski definition) is 1. The van der Waals surface area contributed by atoms with Gasteiger partial charge in [-0.15, -0.1) is 0 Å². The number of ether oxygens (including phenoxy) is 1. The maximum atomic E-state index is 13.4. The van der Waals surface area contributed by atoms with Gasteiger partial charge in [-0.25, -0.2) is 4.39 Å². The summed E-state index contributed by atoms with van der Waals surface area (Å²) in [5, 5.41) is 14.0. The summed E-state index contributed by atoms with van der Waals surface area (Å²) in [6.07, 6.45) is 1.76. The minimum absolute atomic E-state index is 0.124. The zero-order chi connectivity index (χ0) is 18.7. The van der Waals surface area contributed by atoms with Gasteiger partial charge in [0.05, 0.1) is 11.0 Å². The summed E-state index contributed by atoms with van der Waals surface area (Å²) in [5.41, 5.74) is 1.91. The topological polar surface area (TPSA) is 81.5 Å². The van der Waals surface area contributed by atoms with E-state index in [9.17, 15) is 19.3 Å². The van der Waals surface area contributed by atoms with E-state index in [1.165, 1.54) is 12.5 Å². The quantitative estimate of drug-likeness (QED) is 0.653. The Morgan fingerprint density at radius 1 is 1.35 bits per heavy atom. The van der Waals surface area contributed by atoms with E-state index in [4.69, 9.17) is 4.74 Å². The number of hydrogen-bond acceptors (Lipinski definition) is 4. The Kier molecular flexibility index (Phi) is 5.16. The van der Waals surface area contributed by atoms with E-state index in [1.54, 1.807) is 0 Å². The number of carbonyl (C=O) groups is 1. The first-order valence-electron chi connectivity index (χ1n) is 8.44. The van der Waals surface area contributed by atoms with E-state index < -0.39 is 22.8 Å². The highest BCUT2D eigenvalue weighted by Crippen LogP contribution is 2.31. The van der Waals surface area contributed by atoms with Crippen LogP contribution in [0.25, 0.3) is 0 Å². The van der Waals surface area contributed by atoms with Crippen molar-refractivity contribution in [1.82, 2.24) is 5.32 Å². The predicted molar refractivity (Wildman–Crippen MR) is 93.4 cm³/mol. The second-order valence-electron chi connectivity index (χ2n) is 6.28. The number of nitrogens with zero attached hydrogens (tertiary/aromatic N) is 1. The van der Waals surface area contributed by atoms with Crippen LogP contribution < -0.4 is 10.1 Å². The summed E-state index contributed by atoms with van der Waals surface area (Å²) in [6, 6.07) is 10.7. The fourth-order valence-electron chi connectivity index (χ4n) is 3.17. The zero-order valence-electron chi connectivity index (χ0n) is 14.3. The van der Waals surface area contributed by atoms with Crippen LogP contribution in [0, 0.1) is 15.9 Å². The average molecular weight is 358 g/mol. The lowest BCUT2D eigenvalue weighted by Crippen LogP contribution is -2.39. The number of benzene rings is 2. The Hall–Kier alpha value is -2.96. The first-order chi connectivity index (χ1) is 12.5. The molecule has 7 heteroatoms. The number of aryl methyl sites for hydroxylation is 1. The Balaban J connectivity index is 1.72. The predicted octanol–water partition coefficient (Wildman–Crippen LogP) is 3.70. The highest BCUT2D eigenvalue weighted by Gasteiger charge is 2.26. The Labute approximate surface area is 150 Å². The summed E-state index contributed by atoms with van der Waals surface area (Å²) in [5.74, 6) is -1.33. The molecule has 2 aromatic carbocycles. The SMILES string of the molecule is C[C@H](Oc1cc(F)ccc1[N+](=O)[O-])C(=O)N[C@H]1CCCc2ccccc21. The molecule has 0 saturated heterocycles. The van der Waals surface area contributed by atoms with Gasteiger partial charge in [-0.1, -0.05) is 24.3 Å². The van der Waals surface area contributed by atoms with E-state index in [-0.39, 0.29) is 17.5 Å². The largest absolute Gasteiger partial charge is 0.474 e. The monoisotopic (exact) mass is 358 g/mol. The normalized spacial score (nSPS) is 17.1. The molecule has 0 spiro atoms. The van der Waals surface area contributed by atoms with Gasteiger partial charge in [0.2, 0.25) is 5.75 Å². The van der Waals surface area contributed by atoms with E-state index in [1.807, 2.05) is 24.3 Å². The van der Waals surface area contributed by atoms with Crippen molar-refractivity contribution in [2.24, 2.45) is 0 Å². The van der Waals surface area contributed by atoms with Gasteiger partial charge in [-0.05, 0) is 43.4 Å². The number of nitro benzene ring substituents is 1. The number of halogens is 1. The molecular weight excluding hydrogens is 339 g/mol. The van der Waals surface area contributed by atoms with Crippen molar-refractivity contribution in [2.75, 3.05) is 0 Å². The highest BCUT2D eigenvalue weighted by molar-refractivity contribution is 5.81. The first-order valence-corrected chi connectivity index (χ1v) is 8.44. The Morgan fingerprint density at radius 3 is 2.88 bits per heavy atom. The van der Waals surface area contributed by atoms with Crippen molar-refractivity contribution in [2.45, 2.75) is 38.3 Å². The van der Waals surface area contributed by atoms with Crippen molar-refractivity contribution in [1.29, 1.82) is 0 Å². The molecule has 0 aliphatic heterocycles. The van der Waals surface area contributed by atoms with Crippen LogP contribution in [0.1, 0.15) is 36.9 Å². The molecule has 1 aliphatic rings. The molecule has 0 fully saturated rings. The third-order valence-electron chi connectivity index (χ3n) is 4.48. The van der Waals surface area contributed by atoms with Crippen molar-refractivity contribution in [3.05, 3.63) is 69.5 Å². The molecule has 6 nitrogen and oxygen atoms in total. The molecule has 1 N–H and O–H groups in total. The molecule has 0 saturated carbocycles. The minimum atomic E-state index is -0.996. The molecule has 2 atom stereocenters. The van der Waals surface area contributed by atoms with E-state index in [0.717, 1.165) is 43.0 Å². The van der Waals surface area contributed by atoms with Crippen molar-refractivity contribution >= 4 is 11.6 Å². The highest BCUT2D eigenvalue weighted by atomic mass is 19.1. The number of rotatable bonds is 5. The number of amides is 1. The molecule has 1 aliphatic carbocycles. The second-order valence-corrected chi connectivity index (χ2v) is 6.28. The maximum Gasteiger partial charge on any atom is 0.311 e. The van der Waals surface area contributed by atoms with E-state index in [2.05, 4.69) is 5.32 Å². The fourth-order valence-corrected chi connectivity index (χ4v) is 3.17. The summed E-state index contributed by atoms with van der Waals surface area (Å²) in [6.45, 7) is 1.48. The summed E-state index contributed by atoms with van der Waals surface area (Å²) in [7, 11) is 0. The molecule has 1 amide bonds. The van der Waals surface area contributed by atoms with E-state index >= 15 is 0 Å². The molecule has 0 bridgehead atoms. The van der Waals surface area contributed by atoms with Gasteiger partial charge in [0.25, 0.3) is 5.91 Å². The molecule has 3 rings (SSSR count). The summed E-state index contributed by atoms with van der Waals surface area (Å²) < 4.78 is 18.8. The fraction of sp³-hybridized carbons (Fsp3) is 0.316. The third-order valence-corrected chi connectivity index (χ3v) is 4.48. The van der Waals surface area contributed by atoms with Crippen molar-refractivity contribution < 1.29 is 18.8 Å². The average Bonchev–Trinajstić information content (AvgIpc) is 2.61. The molecule has 136 valence electrons. The van der Waals surface area contributed by atoms with Crippen LogP contribution in [0.2, 0.25) is 0 Å². The van der Waals surface area contributed by atoms with Crippen LogP contribution >= 0.6 is 0 Å². The lowest BCUT2D eigenvalue weighted by Gasteiger charge is -2.27. The molecule has 26 heavy (non-hydrogen) atoms. The number of nitro groups is 1. The van der Waals surface area contributed by atoms with Gasteiger partial charge in [0, 0.05) is 12.1 Å². The third kappa shape index (κ3) is 3.82. The summed E-state index contributed by atoms with van der Waals surface area (Å²) in [4.78, 5) is 22.9. The smallest absolute Gasteiger partial charge is 0.311 e. The molecule has 0 heterocycles. The lowest BCUT2D eigenvalue weighted by atomic mass is 9.87. The van der Waals surface area contributed by atoms with Crippen LogP contribution in [0.4, 0.5) is 10.1 Å². The zero-order valence-corrected chi connectivity index (χ0v) is 14.3. The van der Waals surface area contributed by atoms with Gasteiger partial charge < -0.3 is 10.1 Å². The van der Waals surface area contributed by atoms with Crippen LogP contribution in [0.15, 0.2) is 42.5 Å². The number of fused-ring (bicyclic) bond motifs is 1. The molecule has 0 aromatic heterocycles. The van der Waals surface area contributed by atoms with Crippen LogP contribution in [-0.4, -0.2) is 16.9 Å². The van der Waals surface area contributed by atoms with Crippen molar-refractivity contribution in [3.63, 3.8) is 0 Å². The van der Waals surface area contributed by atoms with Crippen molar-refractivity contribution in [3.8, 4) is 5.75 Å². The van der Waals surface area contributed by atoms with Gasteiger partial charge in [0.15, 0.2) is 6.10 Å².